The summed E-state index contributed by atoms with van der Waals surface area (Å²) in [7, 11) is 0. The van der Waals surface area contributed by atoms with Crippen LogP contribution in [0.15, 0.2) is 28.7 Å². The maximum Gasteiger partial charge on any atom is 0.165 e. The minimum absolute atomic E-state index is 0.00881. The third-order valence-corrected chi connectivity index (χ3v) is 4.83. The number of carbonyl (C=O) groups excluding carboxylic acids is 1. The fraction of sp³-hybridized carbons (Fsp3) is 0.353. The number of nitrogens with zero attached hydrogens (tertiary/aromatic N) is 1. The summed E-state index contributed by atoms with van der Waals surface area (Å²) in [6, 6.07) is 7.79. The van der Waals surface area contributed by atoms with Crippen molar-refractivity contribution in [2.45, 2.75) is 33.6 Å². The summed E-state index contributed by atoms with van der Waals surface area (Å²) in [5, 5.41) is 0.690. The van der Waals surface area contributed by atoms with E-state index in [1.54, 1.807) is 0 Å². The van der Waals surface area contributed by atoms with Crippen molar-refractivity contribution in [1.29, 1.82) is 0 Å². The molecule has 1 aromatic heterocycles. The Morgan fingerprint density at radius 3 is 2.67 bits per heavy atom. The molecule has 1 heterocycles. The van der Waals surface area contributed by atoms with E-state index in [-0.39, 0.29) is 11.2 Å². The molecule has 0 radical (unpaired) electrons. The first-order valence-corrected chi connectivity index (χ1v) is 8.15. The Kier molecular flexibility index (Phi) is 3.53. The van der Waals surface area contributed by atoms with Gasteiger partial charge >= 0.3 is 0 Å². The van der Waals surface area contributed by atoms with Crippen molar-refractivity contribution in [3.05, 3.63) is 50.7 Å². The normalized spacial score (nSPS) is 16.9. The van der Waals surface area contributed by atoms with Crippen molar-refractivity contribution >= 4 is 33.3 Å². The van der Waals surface area contributed by atoms with E-state index in [1.165, 1.54) is 0 Å². The lowest BCUT2D eigenvalue weighted by atomic mass is 9.76. The van der Waals surface area contributed by atoms with Gasteiger partial charge in [0.25, 0.3) is 0 Å². The quantitative estimate of drug-likeness (QED) is 0.666. The van der Waals surface area contributed by atoms with E-state index in [1.807, 2.05) is 31.2 Å². The SMILES string of the molecule is Cc1cc2c(n1-c1cc(Br)ccc1Cl)CC(C)(C)CC2=O. The van der Waals surface area contributed by atoms with Gasteiger partial charge in [0.2, 0.25) is 0 Å². The molecule has 0 saturated carbocycles. The fourth-order valence-corrected chi connectivity index (χ4v) is 3.70. The Hall–Kier alpha value is -1.06. The average molecular weight is 367 g/mol. The first-order valence-electron chi connectivity index (χ1n) is 6.98. The van der Waals surface area contributed by atoms with E-state index in [4.69, 9.17) is 11.6 Å². The molecule has 0 bridgehead atoms. The smallest absolute Gasteiger partial charge is 0.165 e. The molecule has 1 aliphatic rings. The molecular weight excluding hydrogens is 350 g/mol. The van der Waals surface area contributed by atoms with Crippen LogP contribution in [-0.4, -0.2) is 10.4 Å². The molecule has 110 valence electrons. The molecule has 0 atom stereocenters. The number of fused-ring (bicyclic) bond motifs is 1. The Bertz CT molecular complexity index is 745. The van der Waals surface area contributed by atoms with Crippen LogP contribution in [0.3, 0.4) is 0 Å². The van der Waals surface area contributed by atoms with Crippen molar-refractivity contribution < 1.29 is 4.79 Å². The van der Waals surface area contributed by atoms with E-state index in [2.05, 4.69) is 34.3 Å². The number of hydrogen-bond acceptors (Lipinski definition) is 1. The minimum atomic E-state index is -0.00881. The second-order valence-electron chi connectivity index (χ2n) is 6.52. The molecule has 2 aromatic rings. The molecule has 1 aromatic carbocycles. The number of ketones is 1. The number of Topliss-reactive ketones (excluding diaryl/α,β-unsaturated/α-hetero) is 1. The van der Waals surface area contributed by atoms with Gasteiger partial charge in [0.15, 0.2) is 5.78 Å². The second kappa shape index (κ2) is 4.99. The number of carbonyl (C=O) groups is 1. The molecule has 4 heteroatoms. The molecule has 0 aliphatic heterocycles. The maximum atomic E-state index is 12.4. The van der Waals surface area contributed by atoms with Gasteiger partial charge in [0.1, 0.15) is 0 Å². The van der Waals surface area contributed by atoms with Gasteiger partial charge in [-0.1, -0.05) is 41.4 Å². The van der Waals surface area contributed by atoms with Crippen LogP contribution in [0.5, 0.6) is 0 Å². The molecule has 0 unspecified atom stereocenters. The number of aryl methyl sites for hydroxylation is 1. The molecule has 0 fully saturated rings. The lowest BCUT2D eigenvalue weighted by Gasteiger charge is -2.30. The van der Waals surface area contributed by atoms with Crippen molar-refractivity contribution in [3.8, 4) is 5.69 Å². The monoisotopic (exact) mass is 365 g/mol. The van der Waals surface area contributed by atoms with E-state index >= 15 is 0 Å². The van der Waals surface area contributed by atoms with Crippen molar-refractivity contribution in [3.63, 3.8) is 0 Å². The summed E-state index contributed by atoms with van der Waals surface area (Å²) in [4.78, 5) is 12.4. The first-order chi connectivity index (χ1) is 9.78. The van der Waals surface area contributed by atoms with Gasteiger partial charge in [0, 0.05) is 27.8 Å². The Morgan fingerprint density at radius 2 is 1.95 bits per heavy atom. The van der Waals surface area contributed by atoms with Crippen LogP contribution in [0.1, 0.15) is 42.0 Å². The molecule has 1 aliphatic carbocycles. The zero-order valence-corrected chi connectivity index (χ0v) is 14.7. The highest BCUT2D eigenvalue weighted by Gasteiger charge is 2.34. The van der Waals surface area contributed by atoms with E-state index < -0.39 is 0 Å². The van der Waals surface area contributed by atoms with Crippen LogP contribution in [0, 0.1) is 12.3 Å². The lowest BCUT2D eigenvalue weighted by molar-refractivity contribution is 0.0911. The summed E-state index contributed by atoms with van der Waals surface area (Å²) in [6.07, 6.45) is 1.49. The number of benzene rings is 1. The van der Waals surface area contributed by atoms with Gasteiger partial charge in [-0.05, 0) is 43.0 Å². The molecule has 3 rings (SSSR count). The van der Waals surface area contributed by atoms with E-state index in [0.717, 1.165) is 33.5 Å². The third kappa shape index (κ3) is 2.58. The van der Waals surface area contributed by atoms with Gasteiger partial charge in [0.05, 0.1) is 10.7 Å². The zero-order valence-electron chi connectivity index (χ0n) is 12.3. The summed E-state index contributed by atoms with van der Waals surface area (Å²) >= 11 is 9.88. The largest absolute Gasteiger partial charge is 0.316 e. The predicted octanol–water partition coefficient (Wildman–Crippen LogP) is 5.36. The highest BCUT2D eigenvalue weighted by Crippen LogP contribution is 2.38. The van der Waals surface area contributed by atoms with Crippen molar-refractivity contribution in [2.75, 3.05) is 0 Å². The summed E-state index contributed by atoms with van der Waals surface area (Å²) in [5.74, 6) is 0.231. The first kappa shape index (κ1) is 14.9. The van der Waals surface area contributed by atoms with Gasteiger partial charge in [-0.3, -0.25) is 4.79 Å². The maximum absolute atomic E-state index is 12.4. The molecule has 2 nitrogen and oxygen atoms in total. The highest BCUT2D eigenvalue weighted by atomic mass is 79.9. The lowest BCUT2D eigenvalue weighted by Crippen LogP contribution is -2.27. The fourth-order valence-electron chi connectivity index (χ4n) is 3.14. The van der Waals surface area contributed by atoms with Crippen LogP contribution in [0.4, 0.5) is 0 Å². The molecule has 0 saturated heterocycles. The van der Waals surface area contributed by atoms with Crippen LogP contribution in [-0.2, 0) is 6.42 Å². The number of hydrogen-bond donors (Lipinski definition) is 0. The Morgan fingerprint density at radius 1 is 1.24 bits per heavy atom. The van der Waals surface area contributed by atoms with Gasteiger partial charge in [-0.15, -0.1) is 0 Å². The van der Waals surface area contributed by atoms with Crippen LogP contribution in [0.2, 0.25) is 5.02 Å². The highest BCUT2D eigenvalue weighted by molar-refractivity contribution is 9.10. The van der Waals surface area contributed by atoms with Crippen molar-refractivity contribution in [2.24, 2.45) is 5.41 Å². The Labute approximate surface area is 138 Å². The Balaban J connectivity index is 2.26. The van der Waals surface area contributed by atoms with Gasteiger partial charge in [-0.2, -0.15) is 0 Å². The van der Waals surface area contributed by atoms with Gasteiger partial charge < -0.3 is 4.57 Å². The van der Waals surface area contributed by atoms with Crippen LogP contribution < -0.4 is 0 Å². The summed E-state index contributed by atoms with van der Waals surface area (Å²) < 4.78 is 3.10. The molecule has 21 heavy (non-hydrogen) atoms. The molecule has 0 amide bonds. The standard InChI is InChI=1S/C17H17BrClNO/c1-10-6-12-15(8-17(2,3)9-16(12)21)20(10)14-7-11(18)4-5-13(14)19/h4-7H,8-9H2,1-3H3. The van der Waals surface area contributed by atoms with Crippen LogP contribution in [0.25, 0.3) is 5.69 Å². The van der Waals surface area contributed by atoms with E-state index in [9.17, 15) is 4.79 Å². The number of halogens is 2. The topological polar surface area (TPSA) is 22.0 Å². The predicted molar refractivity (Wildman–Crippen MR) is 89.6 cm³/mol. The van der Waals surface area contributed by atoms with Crippen LogP contribution >= 0.6 is 27.5 Å². The van der Waals surface area contributed by atoms with Gasteiger partial charge in [-0.25, -0.2) is 0 Å². The summed E-state index contributed by atoms with van der Waals surface area (Å²) in [5.41, 5.74) is 3.89. The molecular formula is C17H17BrClNO. The third-order valence-electron chi connectivity index (χ3n) is 4.02. The minimum Gasteiger partial charge on any atom is -0.316 e. The van der Waals surface area contributed by atoms with E-state index in [0.29, 0.717) is 11.4 Å². The van der Waals surface area contributed by atoms with Crippen molar-refractivity contribution in [1.82, 2.24) is 4.57 Å². The average Bonchev–Trinajstić information content (AvgIpc) is 2.68. The second-order valence-corrected chi connectivity index (χ2v) is 7.84. The number of rotatable bonds is 1. The molecule has 0 N–H and O–H groups in total. The summed E-state index contributed by atoms with van der Waals surface area (Å²) in [6.45, 7) is 6.31. The molecule has 0 spiro atoms. The number of aromatic nitrogens is 1. The zero-order chi connectivity index (χ0) is 15.4.